The van der Waals surface area contributed by atoms with Gasteiger partial charge in [-0.15, -0.1) is 0 Å². The van der Waals surface area contributed by atoms with E-state index in [2.05, 4.69) is 4.98 Å². The lowest BCUT2D eigenvalue weighted by atomic mass is 9.94. The van der Waals surface area contributed by atoms with Gasteiger partial charge in [-0.25, -0.2) is 9.37 Å². The van der Waals surface area contributed by atoms with Crippen molar-refractivity contribution < 1.29 is 13.9 Å². The molecule has 1 saturated heterocycles. The Kier molecular flexibility index (Phi) is 3.56. The lowest BCUT2D eigenvalue weighted by Gasteiger charge is -2.41. The molecule has 2 heterocycles. The summed E-state index contributed by atoms with van der Waals surface area (Å²) >= 11 is 0. The molecular formula is C16H15FN2O2. The highest BCUT2D eigenvalue weighted by Gasteiger charge is 2.33. The molecule has 0 bridgehead atoms. The number of nitrogens with zero attached hydrogens (tertiary/aromatic N) is 2. The van der Waals surface area contributed by atoms with Crippen LogP contribution in [0, 0.1) is 5.82 Å². The molecule has 1 unspecified atom stereocenters. The summed E-state index contributed by atoms with van der Waals surface area (Å²) in [5, 5.41) is 0. The molecule has 0 radical (unpaired) electrons. The van der Waals surface area contributed by atoms with Crippen molar-refractivity contribution in [1.82, 2.24) is 9.88 Å². The molecule has 21 heavy (non-hydrogen) atoms. The second kappa shape index (κ2) is 5.52. The standard InChI is InChI=1S/C16H15FN2O2/c1-21-15-7-4-12(10-18-15)16(20)19-9-8-14(19)11-2-5-13(17)6-3-11/h2-7,10,14H,8-9H2,1H3. The highest BCUT2D eigenvalue weighted by molar-refractivity contribution is 5.94. The zero-order valence-corrected chi connectivity index (χ0v) is 11.6. The number of pyridine rings is 1. The van der Waals surface area contributed by atoms with Crippen molar-refractivity contribution in [3.63, 3.8) is 0 Å². The summed E-state index contributed by atoms with van der Waals surface area (Å²) in [5.41, 5.74) is 1.49. The van der Waals surface area contributed by atoms with E-state index in [1.807, 2.05) is 0 Å². The Balaban J connectivity index is 1.76. The largest absolute Gasteiger partial charge is 0.481 e. The van der Waals surface area contributed by atoms with Crippen LogP contribution in [0.25, 0.3) is 0 Å². The minimum atomic E-state index is -0.268. The van der Waals surface area contributed by atoms with Crippen molar-refractivity contribution in [2.24, 2.45) is 0 Å². The van der Waals surface area contributed by atoms with Gasteiger partial charge in [-0.1, -0.05) is 12.1 Å². The molecule has 0 spiro atoms. The van der Waals surface area contributed by atoms with Gasteiger partial charge in [0.25, 0.3) is 5.91 Å². The Hall–Kier alpha value is -2.43. The summed E-state index contributed by atoms with van der Waals surface area (Å²) < 4.78 is 17.9. The maximum Gasteiger partial charge on any atom is 0.255 e. The molecule has 5 heteroatoms. The zero-order chi connectivity index (χ0) is 14.8. The maximum atomic E-state index is 13.0. The fourth-order valence-corrected chi connectivity index (χ4v) is 2.46. The number of methoxy groups -OCH3 is 1. The fourth-order valence-electron chi connectivity index (χ4n) is 2.46. The van der Waals surface area contributed by atoms with Crippen LogP contribution in [0.15, 0.2) is 42.6 Å². The normalized spacial score (nSPS) is 17.2. The molecular weight excluding hydrogens is 271 g/mol. The highest BCUT2D eigenvalue weighted by Crippen LogP contribution is 2.34. The minimum Gasteiger partial charge on any atom is -0.481 e. The van der Waals surface area contributed by atoms with Gasteiger partial charge in [0.15, 0.2) is 0 Å². The number of aromatic nitrogens is 1. The van der Waals surface area contributed by atoms with Crippen LogP contribution in [-0.4, -0.2) is 29.4 Å². The van der Waals surface area contributed by atoms with Gasteiger partial charge in [-0.2, -0.15) is 0 Å². The first-order chi connectivity index (χ1) is 10.2. The van der Waals surface area contributed by atoms with Gasteiger partial charge in [-0.05, 0) is 30.2 Å². The number of carbonyl (C=O) groups is 1. The summed E-state index contributed by atoms with van der Waals surface area (Å²) in [4.78, 5) is 18.3. The van der Waals surface area contributed by atoms with Gasteiger partial charge in [0.2, 0.25) is 5.88 Å². The van der Waals surface area contributed by atoms with E-state index < -0.39 is 0 Å². The van der Waals surface area contributed by atoms with Crippen LogP contribution in [0.2, 0.25) is 0 Å². The van der Waals surface area contributed by atoms with Gasteiger partial charge < -0.3 is 9.64 Å². The quantitative estimate of drug-likeness (QED) is 0.871. The molecule has 2 aromatic rings. The van der Waals surface area contributed by atoms with Gasteiger partial charge in [0.1, 0.15) is 5.82 Å². The number of ether oxygens (including phenoxy) is 1. The fraction of sp³-hybridized carbons (Fsp3) is 0.250. The Labute approximate surface area is 122 Å². The second-order valence-corrected chi connectivity index (χ2v) is 4.94. The average Bonchev–Trinajstić information content (AvgIpc) is 2.48. The number of halogens is 1. The molecule has 1 aliphatic rings. The SMILES string of the molecule is COc1ccc(C(=O)N2CCC2c2ccc(F)cc2)cn1. The second-order valence-electron chi connectivity index (χ2n) is 4.94. The van der Waals surface area contributed by atoms with Crippen LogP contribution in [-0.2, 0) is 0 Å². The van der Waals surface area contributed by atoms with Crippen molar-refractivity contribution in [3.8, 4) is 5.88 Å². The van der Waals surface area contributed by atoms with Gasteiger partial charge in [0.05, 0.1) is 18.7 Å². The highest BCUT2D eigenvalue weighted by atomic mass is 19.1. The van der Waals surface area contributed by atoms with Crippen LogP contribution in [0.5, 0.6) is 5.88 Å². The summed E-state index contributed by atoms with van der Waals surface area (Å²) in [6, 6.07) is 9.68. The Morgan fingerprint density at radius 3 is 2.57 bits per heavy atom. The Bertz CT molecular complexity index is 640. The van der Waals surface area contributed by atoms with E-state index in [1.165, 1.54) is 25.4 Å². The first-order valence-corrected chi connectivity index (χ1v) is 6.75. The zero-order valence-electron chi connectivity index (χ0n) is 11.6. The third-order valence-electron chi connectivity index (χ3n) is 3.73. The van der Waals surface area contributed by atoms with E-state index in [9.17, 15) is 9.18 Å². The van der Waals surface area contributed by atoms with Crippen molar-refractivity contribution >= 4 is 5.91 Å². The Morgan fingerprint density at radius 2 is 2.05 bits per heavy atom. The summed E-state index contributed by atoms with van der Waals surface area (Å²) in [6.07, 6.45) is 2.40. The van der Waals surface area contributed by atoms with E-state index in [1.54, 1.807) is 29.2 Å². The molecule has 1 aromatic carbocycles. The third kappa shape index (κ3) is 2.59. The molecule has 1 atom stereocenters. The van der Waals surface area contributed by atoms with E-state index in [-0.39, 0.29) is 17.8 Å². The van der Waals surface area contributed by atoms with Crippen LogP contribution in [0.3, 0.4) is 0 Å². The predicted octanol–water partition coefficient (Wildman–Crippen LogP) is 2.82. The van der Waals surface area contributed by atoms with Crippen LogP contribution >= 0.6 is 0 Å². The first-order valence-electron chi connectivity index (χ1n) is 6.75. The summed E-state index contributed by atoms with van der Waals surface area (Å²) in [6.45, 7) is 0.701. The summed E-state index contributed by atoms with van der Waals surface area (Å²) in [5.74, 6) is 0.145. The lowest BCUT2D eigenvalue weighted by molar-refractivity contribution is 0.0460. The number of carbonyl (C=O) groups excluding carboxylic acids is 1. The third-order valence-corrected chi connectivity index (χ3v) is 3.73. The van der Waals surface area contributed by atoms with Crippen LogP contribution in [0.1, 0.15) is 28.4 Å². The van der Waals surface area contributed by atoms with E-state index in [4.69, 9.17) is 4.74 Å². The van der Waals surface area contributed by atoms with Crippen molar-refractivity contribution in [1.29, 1.82) is 0 Å². The summed E-state index contributed by atoms with van der Waals surface area (Å²) in [7, 11) is 1.53. The maximum absolute atomic E-state index is 13.0. The molecule has 1 aromatic heterocycles. The number of rotatable bonds is 3. The average molecular weight is 286 g/mol. The lowest BCUT2D eigenvalue weighted by Crippen LogP contribution is -2.45. The Morgan fingerprint density at radius 1 is 1.29 bits per heavy atom. The monoisotopic (exact) mass is 286 g/mol. The first kappa shape index (κ1) is 13.5. The molecule has 1 amide bonds. The van der Waals surface area contributed by atoms with Crippen LogP contribution < -0.4 is 4.74 Å². The molecule has 0 aliphatic carbocycles. The molecule has 108 valence electrons. The number of amides is 1. The van der Waals surface area contributed by atoms with E-state index in [0.29, 0.717) is 18.0 Å². The molecule has 1 aliphatic heterocycles. The molecule has 1 fully saturated rings. The number of likely N-dealkylation sites (tertiary alicyclic amines) is 1. The van der Waals surface area contributed by atoms with Crippen molar-refractivity contribution in [2.75, 3.05) is 13.7 Å². The van der Waals surface area contributed by atoms with Gasteiger partial charge in [-0.3, -0.25) is 4.79 Å². The van der Waals surface area contributed by atoms with Gasteiger partial charge >= 0.3 is 0 Å². The molecule has 0 N–H and O–H groups in total. The van der Waals surface area contributed by atoms with Gasteiger partial charge in [0, 0.05) is 18.8 Å². The number of hydrogen-bond donors (Lipinski definition) is 0. The number of benzene rings is 1. The van der Waals surface area contributed by atoms with Crippen molar-refractivity contribution in [3.05, 3.63) is 59.5 Å². The van der Waals surface area contributed by atoms with E-state index >= 15 is 0 Å². The number of hydrogen-bond acceptors (Lipinski definition) is 3. The van der Waals surface area contributed by atoms with Crippen molar-refractivity contribution in [2.45, 2.75) is 12.5 Å². The predicted molar refractivity (Wildman–Crippen MR) is 75.6 cm³/mol. The molecule has 4 nitrogen and oxygen atoms in total. The smallest absolute Gasteiger partial charge is 0.255 e. The molecule has 3 rings (SSSR count). The topological polar surface area (TPSA) is 42.4 Å². The minimum absolute atomic E-state index is 0.0141. The van der Waals surface area contributed by atoms with Crippen LogP contribution in [0.4, 0.5) is 4.39 Å². The molecule has 0 saturated carbocycles. The van der Waals surface area contributed by atoms with E-state index in [0.717, 1.165) is 12.0 Å².